The minimum absolute atomic E-state index is 0.0142. The molecule has 1 unspecified atom stereocenters. The number of methoxy groups -OCH3 is 2. The molecule has 0 aliphatic heterocycles. The fraction of sp³-hybridized carbons (Fsp3) is 0.714. The standard InChI is InChI=1S/C7H13NO4/c1-8-5(7(10)12-3)4-6(9)11-2/h5,8H,4H2,1-3H3. The van der Waals surface area contributed by atoms with E-state index in [0.29, 0.717) is 0 Å². The Balaban J connectivity index is 3.99. The highest BCUT2D eigenvalue weighted by Gasteiger charge is 2.20. The van der Waals surface area contributed by atoms with E-state index in [0.717, 1.165) is 0 Å². The van der Waals surface area contributed by atoms with Gasteiger partial charge in [0.15, 0.2) is 0 Å². The lowest BCUT2D eigenvalue weighted by Crippen LogP contribution is -2.37. The average molecular weight is 175 g/mol. The molecule has 0 saturated carbocycles. The van der Waals surface area contributed by atoms with Gasteiger partial charge in [0.1, 0.15) is 6.04 Å². The minimum Gasteiger partial charge on any atom is -0.469 e. The Morgan fingerprint density at radius 1 is 1.33 bits per heavy atom. The molecule has 0 fully saturated rings. The molecular weight excluding hydrogens is 162 g/mol. The predicted molar refractivity (Wildman–Crippen MR) is 41.5 cm³/mol. The highest BCUT2D eigenvalue weighted by molar-refractivity contribution is 5.82. The van der Waals surface area contributed by atoms with Crippen molar-refractivity contribution in [2.45, 2.75) is 12.5 Å². The molecule has 0 spiro atoms. The minimum atomic E-state index is -0.623. The van der Waals surface area contributed by atoms with Crippen molar-refractivity contribution >= 4 is 11.9 Å². The molecule has 0 aliphatic carbocycles. The molecule has 0 rings (SSSR count). The summed E-state index contributed by atoms with van der Waals surface area (Å²) in [6, 6.07) is -0.623. The van der Waals surface area contributed by atoms with Crippen LogP contribution >= 0.6 is 0 Å². The highest BCUT2D eigenvalue weighted by atomic mass is 16.5. The van der Waals surface area contributed by atoms with Gasteiger partial charge >= 0.3 is 11.9 Å². The number of likely N-dealkylation sites (N-methyl/N-ethyl adjacent to an activating group) is 1. The van der Waals surface area contributed by atoms with Crippen LogP contribution in [0.5, 0.6) is 0 Å². The van der Waals surface area contributed by atoms with Gasteiger partial charge in [0, 0.05) is 0 Å². The van der Waals surface area contributed by atoms with Crippen LogP contribution in [0.25, 0.3) is 0 Å². The monoisotopic (exact) mass is 175 g/mol. The van der Waals surface area contributed by atoms with E-state index in [2.05, 4.69) is 14.8 Å². The van der Waals surface area contributed by atoms with Crippen molar-refractivity contribution in [1.82, 2.24) is 5.32 Å². The van der Waals surface area contributed by atoms with Crippen LogP contribution in [0, 0.1) is 0 Å². The molecule has 0 aromatic rings. The number of nitrogens with one attached hydrogen (secondary N) is 1. The van der Waals surface area contributed by atoms with E-state index < -0.39 is 18.0 Å². The molecule has 70 valence electrons. The molecule has 0 radical (unpaired) electrons. The topological polar surface area (TPSA) is 64.6 Å². The SMILES string of the molecule is CNC(CC(=O)OC)C(=O)OC. The second-order valence-corrected chi connectivity index (χ2v) is 2.14. The smallest absolute Gasteiger partial charge is 0.323 e. The van der Waals surface area contributed by atoms with Crippen molar-refractivity contribution in [3.63, 3.8) is 0 Å². The maximum atomic E-state index is 10.9. The molecule has 1 atom stereocenters. The van der Waals surface area contributed by atoms with Gasteiger partial charge in [-0.05, 0) is 7.05 Å². The third kappa shape index (κ3) is 3.34. The number of carbonyl (C=O) groups is 2. The van der Waals surface area contributed by atoms with Crippen LogP contribution in [0.4, 0.5) is 0 Å². The third-order valence-corrected chi connectivity index (χ3v) is 1.43. The lowest BCUT2D eigenvalue weighted by atomic mass is 10.2. The molecule has 0 amide bonds. The van der Waals surface area contributed by atoms with Gasteiger partial charge in [-0.3, -0.25) is 9.59 Å². The molecule has 1 N–H and O–H groups in total. The number of hydrogen-bond acceptors (Lipinski definition) is 5. The van der Waals surface area contributed by atoms with Crippen LogP contribution in [0.15, 0.2) is 0 Å². The van der Waals surface area contributed by atoms with E-state index in [1.165, 1.54) is 14.2 Å². The fourth-order valence-electron chi connectivity index (χ4n) is 0.696. The summed E-state index contributed by atoms with van der Waals surface area (Å²) < 4.78 is 8.83. The molecule has 0 aromatic carbocycles. The van der Waals surface area contributed by atoms with Crippen LogP contribution < -0.4 is 5.32 Å². The Bertz CT molecular complexity index is 169. The summed E-state index contributed by atoms with van der Waals surface area (Å²) in [4.78, 5) is 21.6. The van der Waals surface area contributed by atoms with E-state index >= 15 is 0 Å². The summed E-state index contributed by atoms with van der Waals surface area (Å²) in [6.45, 7) is 0. The van der Waals surface area contributed by atoms with E-state index in [4.69, 9.17) is 0 Å². The quantitative estimate of drug-likeness (QED) is 0.573. The second-order valence-electron chi connectivity index (χ2n) is 2.14. The van der Waals surface area contributed by atoms with E-state index in [-0.39, 0.29) is 6.42 Å². The van der Waals surface area contributed by atoms with Crippen molar-refractivity contribution < 1.29 is 19.1 Å². The van der Waals surface area contributed by atoms with Gasteiger partial charge in [-0.1, -0.05) is 0 Å². The summed E-state index contributed by atoms with van der Waals surface area (Å²) in [5.41, 5.74) is 0. The normalized spacial score (nSPS) is 11.9. The second kappa shape index (κ2) is 5.54. The van der Waals surface area contributed by atoms with Crippen molar-refractivity contribution in [1.29, 1.82) is 0 Å². The summed E-state index contributed by atoms with van der Waals surface area (Å²) in [5, 5.41) is 2.64. The molecule has 12 heavy (non-hydrogen) atoms. The molecule has 0 aromatic heterocycles. The molecule has 5 nitrogen and oxygen atoms in total. The van der Waals surface area contributed by atoms with Crippen LogP contribution in [0.3, 0.4) is 0 Å². The first-order chi connectivity index (χ1) is 5.65. The summed E-state index contributed by atoms with van der Waals surface area (Å²) >= 11 is 0. The first-order valence-electron chi connectivity index (χ1n) is 3.47. The largest absolute Gasteiger partial charge is 0.469 e. The molecular formula is C7H13NO4. The number of ether oxygens (including phenoxy) is 2. The summed E-state index contributed by atoms with van der Waals surface area (Å²) in [6.07, 6.45) is -0.0142. The average Bonchev–Trinajstić information content (AvgIpc) is 2.12. The summed E-state index contributed by atoms with van der Waals surface area (Å²) in [7, 11) is 4.11. The van der Waals surface area contributed by atoms with Crippen molar-refractivity contribution in [3.8, 4) is 0 Å². The van der Waals surface area contributed by atoms with Crippen LogP contribution in [-0.4, -0.2) is 39.2 Å². The predicted octanol–water partition coefficient (Wildman–Crippen LogP) is -0.690. The number of rotatable bonds is 4. The Labute approximate surface area is 71.0 Å². The van der Waals surface area contributed by atoms with Crippen LogP contribution in [0.2, 0.25) is 0 Å². The fourth-order valence-corrected chi connectivity index (χ4v) is 0.696. The maximum Gasteiger partial charge on any atom is 0.323 e. The number of carbonyl (C=O) groups excluding carboxylic acids is 2. The molecule has 0 heterocycles. The Morgan fingerprint density at radius 2 is 1.92 bits per heavy atom. The Hall–Kier alpha value is -1.10. The number of esters is 2. The zero-order valence-electron chi connectivity index (χ0n) is 7.42. The third-order valence-electron chi connectivity index (χ3n) is 1.43. The van der Waals surface area contributed by atoms with Crippen molar-refractivity contribution in [3.05, 3.63) is 0 Å². The van der Waals surface area contributed by atoms with Crippen LogP contribution in [0.1, 0.15) is 6.42 Å². The highest BCUT2D eigenvalue weighted by Crippen LogP contribution is 1.95. The lowest BCUT2D eigenvalue weighted by molar-refractivity contribution is -0.149. The van der Waals surface area contributed by atoms with Gasteiger partial charge in [-0.25, -0.2) is 0 Å². The maximum absolute atomic E-state index is 10.9. The number of hydrogen-bond donors (Lipinski definition) is 1. The van der Waals surface area contributed by atoms with E-state index in [1.54, 1.807) is 7.05 Å². The van der Waals surface area contributed by atoms with E-state index in [1.807, 2.05) is 0 Å². The van der Waals surface area contributed by atoms with Crippen molar-refractivity contribution in [2.24, 2.45) is 0 Å². The van der Waals surface area contributed by atoms with Gasteiger partial charge in [-0.2, -0.15) is 0 Å². The van der Waals surface area contributed by atoms with Gasteiger partial charge in [-0.15, -0.1) is 0 Å². The van der Waals surface area contributed by atoms with Crippen LogP contribution in [-0.2, 0) is 19.1 Å². The van der Waals surface area contributed by atoms with Gasteiger partial charge in [0.05, 0.1) is 20.6 Å². The van der Waals surface area contributed by atoms with Crippen molar-refractivity contribution in [2.75, 3.05) is 21.3 Å². The molecule has 0 saturated heterocycles. The Kier molecular flexibility index (Phi) is 5.03. The van der Waals surface area contributed by atoms with E-state index in [9.17, 15) is 9.59 Å². The Morgan fingerprint density at radius 3 is 2.25 bits per heavy atom. The first kappa shape index (κ1) is 10.9. The lowest BCUT2D eigenvalue weighted by Gasteiger charge is -2.11. The first-order valence-corrected chi connectivity index (χ1v) is 3.47. The van der Waals surface area contributed by atoms with Gasteiger partial charge in [0.25, 0.3) is 0 Å². The zero-order valence-corrected chi connectivity index (χ0v) is 7.42. The zero-order chi connectivity index (χ0) is 9.56. The van der Waals surface area contributed by atoms with Gasteiger partial charge in [0.2, 0.25) is 0 Å². The molecule has 0 aliphatic rings. The summed E-state index contributed by atoms with van der Waals surface area (Å²) in [5.74, 6) is -0.914. The molecule has 5 heteroatoms. The molecule has 0 bridgehead atoms. The van der Waals surface area contributed by atoms with Gasteiger partial charge < -0.3 is 14.8 Å².